The van der Waals surface area contributed by atoms with E-state index >= 15 is 0 Å². The van der Waals surface area contributed by atoms with Crippen LogP contribution in [0, 0.1) is 5.92 Å². The predicted octanol–water partition coefficient (Wildman–Crippen LogP) is 3.23. The van der Waals surface area contributed by atoms with Gasteiger partial charge in [0.15, 0.2) is 0 Å². The van der Waals surface area contributed by atoms with Crippen molar-refractivity contribution in [3.8, 4) is 11.5 Å². The third kappa shape index (κ3) is 4.96. The first-order valence-electron chi connectivity index (χ1n) is 6.59. The molecule has 1 rings (SSSR count). The zero-order valence-corrected chi connectivity index (χ0v) is 12.0. The van der Waals surface area contributed by atoms with Crippen LogP contribution >= 0.6 is 0 Å². The van der Waals surface area contributed by atoms with E-state index in [1.165, 1.54) is 12.8 Å². The van der Waals surface area contributed by atoms with Gasteiger partial charge in [-0.3, -0.25) is 0 Å². The molecule has 0 radical (unpaired) electrons. The van der Waals surface area contributed by atoms with Crippen molar-refractivity contribution in [2.24, 2.45) is 5.92 Å². The minimum atomic E-state index is 0.776. The molecule has 0 saturated heterocycles. The summed E-state index contributed by atoms with van der Waals surface area (Å²) in [6.45, 7) is 6.37. The molecule has 102 valence electrons. The van der Waals surface area contributed by atoms with Crippen LogP contribution in [0.4, 0.5) is 0 Å². The lowest BCUT2D eigenvalue weighted by atomic mass is 10.1. The van der Waals surface area contributed by atoms with Crippen LogP contribution in [0.2, 0.25) is 0 Å². The lowest BCUT2D eigenvalue weighted by Crippen LogP contribution is -2.15. The Bertz CT molecular complexity index is 350. The summed E-state index contributed by atoms with van der Waals surface area (Å²) in [5.41, 5.74) is 1.14. The minimum absolute atomic E-state index is 0.776. The molecule has 0 amide bonds. The van der Waals surface area contributed by atoms with Crippen molar-refractivity contribution in [2.75, 3.05) is 20.8 Å². The van der Waals surface area contributed by atoms with E-state index in [9.17, 15) is 0 Å². The average molecular weight is 251 g/mol. The number of rotatable bonds is 8. The molecular formula is C15H25NO2. The van der Waals surface area contributed by atoms with Crippen LogP contribution in [0.5, 0.6) is 11.5 Å². The van der Waals surface area contributed by atoms with E-state index in [0.717, 1.165) is 36.1 Å². The largest absolute Gasteiger partial charge is 0.497 e. The fourth-order valence-corrected chi connectivity index (χ4v) is 1.88. The SMILES string of the molecule is COc1ccc(OC)c(CNCCCC(C)C)c1. The van der Waals surface area contributed by atoms with Crippen molar-refractivity contribution < 1.29 is 9.47 Å². The molecular weight excluding hydrogens is 226 g/mol. The Hall–Kier alpha value is -1.22. The fourth-order valence-electron chi connectivity index (χ4n) is 1.88. The first-order valence-corrected chi connectivity index (χ1v) is 6.59. The van der Waals surface area contributed by atoms with Gasteiger partial charge in [0, 0.05) is 12.1 Å². The lowest BCUT2D eigenvalue weighted by Gasteiger charge is -2.11. The number of ether oxygens (including phenoxy) is 2. The van der Waals surface area contributed by atoms with Gasteiger partial charge in [0.1, 0.15) is 11.5 Å². The van der Waals surface area contributed by atoms with Crippen molar-refractivity contribution in [1.29, 1.82) is 0 Å². The van der Waals surface area contributed by atoms with E-state index in [1.807, 2.05) is 18.2 Å². The maximum atomic E-state index is 5.34. The number of methoxy groups -OCH3 is 2. The van der Waals surface area contributed by atoms with Crippen molar-refractivity contribution >= 4 is 0 Å². The van der Waals surface area contributed by atoms with Crippen LogP contribution in [0.15, 0.2) is 18.2 Å². The van der Waals surface area contributed by atoms with Crippen molar-refractivity contribution in [2.45, 2.75) is 33.2 Å². The molecule has 0 spiro atoms. The molecule has 0 aromatic heterocycles. The van der Waals surface area contributed by atoms with Crippen molar-refractivity contribution in [1.82, 2.24) is 5.32 Å². The Labute approximate surface area is 110 Å². The Kier molecular flexibility index (Phi) is 6.58. The van der Waals surface area contributed by atoms with Crippen LogP contribution in [0.3, 0.4) is 0 Å². The van der Waals surface area contributed by atoms with E-state index < -0.39 is 0 Å². The zero-order valence-electron chi connectivity index (χ0n) is 12.0. The van der Waals surface area contributed by atoms with Gasteiger partial charge >= 0.3 is 0 Å². The normalized spacial score (nSPS) is 10.7. The predicted molar refractivity (Wildman–Crippen MR) is 75.3 cm³/mol. The zero-order chi connectivity index (χ0) is 13.4. The average Bonchev–Trinajstić information content (AvgIpc) is 2.37. The minimum Gasteiger partial charge on any atom is -0.497 e. The first kappa shape index (κ1) is 14.8. The highest BCUT2D eigenvalue weighted by atomic mass is 16.5. The Morgan fingerprint density at radius 2 is 1.94 bits per heavy atom. The summed E-state index contributed by atoms with van der Waals surface area (Å²) in [4.78, 5) is 0. The van der Waals surface area contributed by atoms with E-state index in [1.54, 1.807) is 14.2 Å². The third-order valence-corrected chi connectivity index (χ3v) is 2.94. The molecule has 0 atom stereocenters. The second-order valence-corrected chi connectivity index (χ2v) is 4.89. The summed E-state index contributed by atoms with van der Waals surface area (Å²) in [6, 6.07) is 5.89. The molecule has 1 aromatic carbocycles. The lowest BCUT2D eigenvalue weighted by molar-refractivity contribution is 0.396. The van der Waals surface area contributed by atoms with Gasteiger partial charge in [0.05, 0.1) is 14.2 Å². The molecule has 0 saturated carbocycles. The molecule has 1 aromatic rings. The standard InChI is InChI=1S/C15H25NO2/c1-12(2)6-5-9-16-11-13-10-14(17-3)7-8-15(13)18-4/h7-8,10,12,16H,5-6,9,11H2,1-4H3. The molecule has 3 heteroatoms. The molecule has 0 aliphatic carbocycles. The Morgan fingerprint density at radius 1 is 1.17 bits per heavy atom. The first-order chi connectivity index (χ1) is 8.67. The Morgan fingerprint density at radius 3 is 2.56 bits per heavy atom. The molecule has 0 bridgehead atoms. The van der Waals surface area contributed by atoms with Gasteiger partial charge in [-0.2, -0.15) is 0 Å². The van der Waals surface area contributed by atoms with E-state index in [4.69, 9.17) is 9.47 Å². The van der Waals surface area contributed by atoms with Crippen LogP contribution < -0.4 is 14.8 Å². The van der Waals surface area contributed by atoms with Gasteiger partial charge < -0.3 is 14.8 Å². The maximum absolute atomic E-state index is 5.34. The highest BCUT2D eigenvalue weighted by molar-refractivity contribution is 5.40. The van der Waals surface area contributed by atoms with Gasteiger partial charge in [0.25, 0.3) is 0 Å². The second kappa shape index (κ2) is 7.98. The molecule has 0 unspecified atom stereocenters. The molecule has 3 nitrogen and oxygen atoms in total. The molecule has 18 heavy (non-hydrogen) atoms. The summed E-state index contributed by atoms with van der Waals surface area (Å²) in [6.07, 6.45) is 2.48. The van der Waals surface area contributed by atoms with Gasteiger partial charge in [-0.1, -0.05) is 13.8 Å². The number of hydrogen-bond donors (Lipinski definition) is 1. The highest BCUT2D eigenvalue weighted by Crippen LogP contribution is 2.23. The molecule has 0 fully saturated rings. The molecule has 1 N–H and O–H groups in total. The Balaban J connectivity index is 2.44. The fraction of sp³-hybridized carbons (Fsp3) is 0.600. The van der Waals surface area contributed by atoms with E-state index in [-0.39, 0.29) is 0 Å². The quantitative estimate of drug-likeness (QED) is 0.720. The van der Waals surface area contributed by atoms with Gasteiger partial charge in [0.2, 0.25) is 0 Å². The third-order valence-electron chi connectivity index (χ3n) is 2.94. The smallest absolute Gasteiger partial charge is 0.123 e. The van der Waals surface area contributed by atoms with Crippen molar-refractivity contribution in [3.63, 3.8) is 0 Å². The summed E-state index contributed by atoms with van der Waals surface area (Å²) >= 11 is 0. The van der Waals surface area contributed by atoms with Crippen LogP contribution in [0.1, 0.15) is 32.3 Å². The van der Waals surface area contributed by atoms with Gasteiger partial charge in [-0.25, -0.2) is 0 Å². The van der Waals surface area contributed by atoms with Gasteiger partial charge in [-0.05, 0) is 43.5 Å². The molecule has 0 aliphatic heterocycles. The van der Waals surface area contributed by atoms with Gasteiger partial charge in [-0.15, -0.1) is 0 Å². The van der Waals surface area contributed by atoms with E-state index in [0.29, 0.717) is 0 Å². The summed E-state index contributed by atoms with van der Waals surface area (Å²) in [5.74, 6) is 2.56. The van der Waals surface area contributed by atoms with E-state index in [2.05, 4.69) is 19.2 Å². The van der Waals surface area contributed by atoms with Crippen LogP contribution in [0.25, 0.3) is 0 Å². The summed E-state index contributed by atoms with van der Waals surface area (Å²) in [5, 5.41) is 3.45. The van der Waals surface area contributed by atoms with Crippen molar-refractivity contribution in [3.05, 3.63) is 23.8 Å². The molecule has 0 aliphatic rings. The summed E-state index contributed by atoms with van der Waals surface area (Å²) in [7, 11) is 3.38. The summed E-state index contributed by atoms with van der Waals surface area (Å²) < 4.78 is 10.6. The molecule has 0 heterocycles. The van der Waals surface area contributed by atoms with Crippen LogP contribution in [-0.2, 0) is 6.54 Å². The topological polar surface area (TPSA) is 30.5 Å². The maximum Gasteiger partial charge on any atom is 0.123 e. The monoisotopic (exact) mass is 251 g/mol. The highest BCUT2D eigenvalue weighted by Gasteiger charge is 2.04. The number of benzene rings is 1. The number of hydrogen-bond acceptors (Lipinski definition) is 3. The second-order valence-electron chi connectivity index (χ2n) is 4.89. The van der Waals surface area contributed by atoms with Crippen LogP contribution in [-0.4, -0.2) is 20.8 Å². The number of nitrogens with one attached hydrogen (secondary N) is 1.